The number of aldehydes is 2. The number of hydrogen-bond donors (Lipinski definition) is 3. The standard InChI is InChI=1S/C43H65NO12/c1-8-30-16-24(2)15-25(3)17-31(22-45)39-32(23-46)19-27(5)43(53,56-39)40(50)41(51)44-14-10-9-11-33(44)42(52)55-38(28(6)35(48)21-36(30)49)26(4)18-29-12-13-34(47)37(20-29)54-7/h16,18,22-23,25,27-35,37-39,47-48,53H,8-15,17,19-21H2,1-7H3/b24-16+,26-18+/t25-,27+,28+,29-,30+,31+,32+,33-,34+,35-,37+,38+,39+,43+/m0/s1. The molecule has 0 aromatic rings. The average Bonchev–Trinajstić information content (AvgIpc) is 3.18. The summed E-state index contributed by atoms with van der Waals surface area (Å²) < 4.78 is 17.8. The summed E-state index contributed by atoms with van der Waals surface area (Å²) in [6.07, 6.45) is 4.77. The third-order valence-corrected chi connectivity index (χ3v) is 12.8. The summed E-state index contributed by atoms with van der Waals surface area (Å²) >= 11 is 0. The Morgan fingerprint density at radius 1 is 0.964 bits per heavy atom. The smallest absolute Gasteiger partial charge is 0.329 e. The van der Waals surface area contributed by atoms with E-state index in [1.54, 1.807) is 21.0 Å². The fourth-order valence-electron chi connectivity index (χ4n) is 9.43. The van der Waals surface area contributed by atoms with Crippen LogP contribution >= 0.6 is 0 Å². The van der Waals surface area contributed by atoms with E-state index in [2.05, 4.69) is 0 Å². The number of esters is 1. The number of ketones is 2. The van der Waals surface area contributed by atoms with Gasteiger partial charge in [-0.2, -0.15) is 0 Å². The van der Waals surface area contributed by atoms with Crippen molar-refractivity contribution < 1.29 is 58.3 Å². The summed E-state index contributed by atoms with van der Waals surface area (Å²) in [4.78, 5) is 82.2. The minimum Gasteiger partial charge on any atom is -0.456 e. The molecule has 0 aromatic carbocycles. The Balaban J connectivity index is 1.77. The van der Waals surface area contributed by atoms with Gasteiger partial charge < -0.3 is 44.0 Å². The van der Waals surface area contributed by atoms with Crippen LogP contribution in [0.15, 0.2) is 23.3 Å². The van der Waals surface area contributed by atoms with Crippen LogP contribution in [0.4, 0.5) is 0 Å². The van der Waals surface area contributed by atoms with E-state index in [1.165, 1.54) is 6.92 Å². The predicted octanol–water partition coefficient (Wildman–Crippen LogP) is 4.07. The van der Waals surface area contributed by atoms with Crippen LogP contribution in [0.3, 0.4) is 0 Å². The van der Waals surface area contributed by atoms with Gasteiger partial charge in [0, 0.05) is 49.7 Å². The van der Waals surface area contributed by atoms with Gasteiger partial charge in [0.05, 0.1) is 24.4 Å². The van der Waals surface area contributed by atoms with Gasteiger partial charge in [0.2, 0.25) is 5.79 Å². The number of nitrogens with zero attached hydrogens (tertiary/aromatic N) is 1. The van der Waals surface area contributed by atoms with Gasteiger partial charge in [0.15, 0.2) is 0 Å². The second-order valence-electron chi connectivity index (χ2n) is 17.2. The molecule has 1 aliphatic carbocycles. The maximum absolute atomic E-state index is 14.2. The molecule has 0 unspecified atom stereocenters. The molecule has 4 rings (SSSR count). The first-order valence-electron chi connectivity index (χ1n) is 20.6. The van der Waals surface area contributed by atoms with Gasteiger partial charge in [-0.15, -0.1) is 0 Å². The Morgan fingerprint density at radius 3 is 2.29 bits per heavy atom. The summed E-state index contributed by atoms with van der Waals surface area (Å²) in [5, 5.41) is 33.9. The minimum atomic E-state index is -2.66. The Morgan fingerprint density at radius 2 is 1.64 bits per heavy atom. The van der Waals surface area contributed by atoms with E-state index in [9.17, 15) is 44.1 Å². The summed E-state index contributed by atoms with van der Waals surface area (Å²) in [5.74, 6) is -10.2. The molecule has 2 saturated heterocycles. The molecule has 13 nitrogen and oxygen atoms in total. The predicted molar refractivity (Wildman–Crippen MR) is 206 cm³/mol. The second kappa shape index (κ2) is 20.0. The maximum Gasteiger partial charge on any atom is 0.329 e. The highest BCUT2D eigenvalue weighted by atomic mass is 16.6. The summed E-state index contributed by atoms with van der Waals surface area (Å²) in [6.45, 7) is 10.8. The summed E-state index contributed by atoms with van der Waals surface area (Å²) in [6, 6.07) is -1.19. The molecular weight excluding hydrogens is 722 g/mol. The molecule has 1 amide bonds. The topological polar surface area (TPSA) is 194 Å². The molecule has 3 N–H and O–H groups in total. The van der Waals surface area contributed by atoms with Crippen molar-refractivity contribution in [2.45, 2.75) is 155 Å². The van der Waals surface area contributed by atoms with E-state index < -0.39 is 83.5 Å². The van der Waals surface area contributed by atoms with Crippen LogP contribution < -0.4 is 0 Å². The number of piperidine rings is 1. The third kappa shape index (κ3) is 10.5. The number of methoxy groups -OCH3 is 1. The molecule has 314 valence electrons. The lowest BCUT2D eigenvalue weighted by Crippen LogP contribution is -2.63. The van der Waals surface area contributed by atoms with Gasteiger partial charge in [-0.25, -0.2) is 4.79 Å². The van der Waals surface area contributed by atoms with Crippen molar-refractivity contribution in [3.8, 4) is 0 Å². The first kappa shape index (κ1) is 45.6. The molecule has 4 aliphatic rings. The number of amides is 1. The van der Waals surface area contributed by atoms with Crippen molar-refractivity contribution in [2.75, 3.05) is 13.7 Å². The van der Waals surface area contributed by atoms with Crippen molar-refractivity contribution in [3.63, 3.8) is 0 Å². The molecule has 0 spiro atoms. The number of hydrogen-bond acceptors (Lipinski definition) is 12. The number of aliphatic hydroxyl groups excluding tert-OH is 2. The van der Waals surface area contributed by atoms with Crippen molar-refractivity contribution in [3.05, 3.63) is 23.3 Å². The molecule has 14 atom stereocenters. The van der Waals surface area contributed by atoms with Crippen LogP contribution in [0.5, 0.6) is 0 Å². The van der Waals surface area contributed by atoms with Gasteiger partial charge in [0.1, 0.15) is 30.5 Å². The van der Waals surface area contributed by atoms with Crippen LogP contribution in [0.25, 0.3) is 0 Å². The number of ether oxygens (including phenoxy) is 3. The van der Waals surface area contributed by atoms with Crippen molar-refractivity contribution in [1.82, 2.24) is 4.90 Å². The molecule has 0 aromatic heterocycles. The highest BCUT2D eigenvalue weighted by Crippen LogP contribution is 2.41. The first-order chi connectivity index (χ1) is 26.5. The molecular formula is C43H65NO12. The zero-order valence-electron chi connectivity index (χ0n) is 34.3. The number of Topliss-reactive ketones (excluding diaryl/α,β-unsaturated/α-hetero) is 2. The Labute approximate surface area is 331 Å². The van der Waals surface area contributed by atoms with E-state index in [1.807, 2.05) is 32.9 Å². The van der Waals surface area contributed by atoms with Crippen LogP contribution in [-0.2, 0) is 43.0 Å². The number of rotatable bonds is 6. The number of aliphatic hydroxyl groups is 3. The highest BCUT2D eigenvalue weighted by molar-refractivity contribution is 6.39. The zero-order chi connectivity index (χ0) is 41.5. The fourth-order valence-corrected chi connectivity index (χ4v) is 9.43. The highest BCUT2D eigenvalue weighted by Gasteiger charge is 2.56. The molecule has 1 saturated carbocycles. The quantitative estimate of drug-likeness (QED) is 0.152. The number of fused-ring (bicyclic) bond motifs is 3. The van der Waals surface area contributed by atoms with E-state index in [4.69, 9.17) is 14.2 Å². The number of allylic oxidation sites excluding steroid dienone is 3. The zero-order valence-corrected chi connectivity index (χ0v) is 34.3. The van der Waals surface area contributed by atoms with Crippen molar-refractivity contribution >= 4 is 36.0 Å². The van der Waals surface area contributed by atoms with E-state index in [0.717, 1.165) is 10.5 Å². The fraction of sp³-hybridized carbons (Fsp3) is 0.767. The van der Waals surface area contributed by atoms with Crippen molar-refractivity contribution in [1.29, 1.82) is 0 Å². The molecule has 0 radical (unpaired) electrons. The van der Waals surface area contributed by atoms with Crippen LogP contribution in [0, 0.1) is 41.4 Å². The average molecular weight is 788 g/mol. The van der Waals surface area contributed by atoms with E-state index >= 15 is 0 Å². The molecule has 3 heterocycles. The van der Waals surface area contributed by atoms with E-state index in [-0.39, 0.29) is 56.0 Å². The lowest BCUT2D eigenvalue weighted by Gasteiger charge is -2.45. The van der Waals surface area contributed by atoms with Crippen molar-refractivity contribution in [2.24, 2.45) is 41.4 Å². The number of carbonyl (C=O) groups is 6. The molecule has 2 bridgehead atoms. The normalized spacial score (nSPS) is 41.4. The van der Waals surface area contributed by atoms with Gasteiger partial charge in [-0.1, -0.05) is 45.4 Å². The largest absolute Gasteiger partial charge is 0.456 e. The van der Waals surface area contributed by atoms with E-state index in [0.29, 0.717) is 63.1 Å². The Bertz CT molecular complexity index is 1490. The molecule has 56 heavy (non-hydrogen) atoms. The Kier molecular flexibility index (Phi) is 16.3. The minimum absolute atomic E-state index is 0.00825. The van der Waals surface area contributed by atoms with Crippen LogP contribution in [0.1, 0.15) is 112 Å². The molecule has 3 aliphatic heterocycles. The van der Waals surface area contributed by atoms with Gasteiger partial charge in [0.25, 0.3) is 11.7 Å². The number of carbonyl (C=O) groups excluding carboxylic acids is 6. The second-order valence-corrected chi connectivity index (χ2v) is 17.2. The Hall–Kier alpha value is -3.10. The monoisotopic (exact) mass is 787 g/mol. The molecule has 3 fully saturated rings. The van der Waals surface area contributed by atoms with Gasteiger partial charge in [-0.3, -0.25) is 14.4 Å². The van der Waals surface area contributed by atoms with Crippen LogP contribution in [-0.4, -0.2) is 112 Å². The van der Waals surface area contributed by atoms with Gasteiger partial charge in [-0.05, 0) is 95.5 Å². The third-order valence-electron chi connectivity index (χ3n) is 12.8. The van der Waals surface area contributed by atoms with Gasteiger partial charge >= 0.3 is 5.97 Å². The maximum atomic E-state index is 14.2. The van der Waals surface area contributed by atoms with Crippen LogP contribution in [0.2, 0.25) is 0 Å². The SMILES string of the molecule is CC[C@@H]1/C=C(\C)C[C@H](C)C[C@H](C=O)[C@H]2O[C@@](O)(C(=O)C(=O)N3CCCC[C@H]3C(=O)O[C@H](/C(C)=C/[C@@H]3CC[C@@H](O)[C@H](OC)C3)[C@H](C)[C@@H](O)CC1=O)[C@H](C)C[C@@H]2C=O. The summed E-state index contributed by atoms with van der Waals surface area (Å²) in [7, 11) is 1.55. The summed E-state index contributed by atoms with van der Waals surface area (Å²) in [5.41, 5.74) is 1.53. The lowest BCUT2D eigenvalue weighted by atomic mass is 9.75. The lowest BCUT2D eigenvalue weighted by molar-refractivity contribution is -0.278. The number of cyclic esters (lactones) is 1. The molecule has 13 heteroatoms. The first-order valence-corrected chi connectivity index (χ1v) is 20.6.